The molecule has 0 bridgehead atoms. The van der Waals surface area contributed by atoms with Crippen molar-refractivity contribution in [1.29, 1.82) is 0 Å². The number of benzene rings is 1. The van der Waals surface area contributed by atoms with E-state index < -0.39 is 6.10 Å². The van der Waals surface area contributed by atoms with Crippen LogP contribution in [0.4, 0.5) is 0 Å². The summed E-state index contributed by atoms with van der Waals surface area (Å²) in [5, 5.41) is 5.42. The van der Waals surface area contributed by atoms with E-state index in [0.29, 0.717) is 6.42 Å². The molecule has 0 aliphatic heterocycles. The van der Waals surface area contributed by atoms with Crippen LogP contribution < -0.4 is 10.6 Å². The van der Waals surface area contributed by atoms with Gasteiger partial charge in [-0.15, -0.1) is 0 Å². The van der Waals surface area contributed by atoms with Gasteiger partial charge in [0.2, 0.25) is 11.8 Å². The van der Waals surface area contributed by atoms with E-state index in [4.69, 9.17) is 4.74 Å². The van der Waals surface area contributed by atoms with Gasteiger partial charge >= 0.3 is 0 Å². The topological polar surface area (TPSA) is 80.3 Å². The van der Waals surface area contributed by atoms with Crippen molar-refractivity contribution in [3.05, 3.63) is 66.0 Å². The third-order valence-electron chi connectivity index (χ3n) is 3.77. The Bertz CT molecular complexity index is 677. The maximum atomic E-state index is 12.2. The number of rotatable bonds is 8. The molecule has 0 fully saturated rings. The SMILES string of the molecule is COC(Cc1ccccc1)C(=O)NCC(=O)NC(C)c1ccccn1. The monoisotopic (exact) mass is 341 g/mol. The summed E-state index contributed by atoms with van der Waals surface area (Å²) in [5.74, 6) is -0.590. The van der Waals surface area contributed by atoms with Gasteiger partial charge in [-0.2, -0.15) is 0 Å². The highest BCUT2D eigenvalue weighted by Crippen LogP contribution is 2.07. The molecular formula is C19H23N3O3. The molecule has 1 aromatic carbocycles. The highest BCUT2D eigenvalue weighted by atomic mass is 16.5. The molecule has 2 unspecified atom stereocenters. The van der Waals surface area contributed by atoms with Gasteiger partial charge in [-0.25, -0.2) is 0 Å². The van der Waals surface area contributed by atoms with Crippen molar-refractivity contribution in [2.24, 2.45) is 0 Å². The molecule has 6 nitrogen and oxygen atoms in total. The molecule has 25 heavy (non-hydrogen) atoms. The van der Waals surface area contributed by atoms with Crippen molar-refractivity contribution in [2.45, 2.75) is 25.5 Å². The van der Waals surface area contributed by atoms with Crippen molar-refractivity contribution >= 4 is 11.8 Å². The maximum absolute atomic E-state index is 12.2. The molecule has 2 atom stereocenters. The highest BCUT2D eigenvalue weighted by Gasteiger charge is 2.19. The number of methoxy groups -OCH3 is 1. The number of nitrogens with zero attached hydrogens (tertiary/aromatic N) is 1. The molecule has 2 aromatic rings. The average Bonchev–Trinajstić information content (AvgIpc) is 2.65. The number of aromatic nitrogens is 1. The summed E-state index contributed by atoms with van der Waals surface area (Å²) in [6.07, 6.45) is 1.49. The molecular weight excluding hydrogens is 318 g/mol. The van der Waals surface area contributed by atoms with Gasteiger partial charge in [0.25, 0.3) is 0 Å². The molecule has 0 saturated heterocycles. The van der Waals surface area contributed by atoms with Gasteiger partial charge < -0.3 is 15.4 Å². The molecule has 0 aliphatic carbocycles. The molecule has 1 aromatic heterocycles. The predicted molar refractivity (Wildman–Crippen MR) is 94.7 cm³/mol. The van der Waals surface area contributed by atoms with E-state index in [1.54, 1.807) is 6.20 Å². The van der Waals surface area contributed by atoms with Crippen molar-refractivity contribution in [2.75, 3.05) is 13.7 Å². The van der Waals surface area contributed by atoms with Crippen molar-refractivity contribution in [3.63, 3.8) is 0 Å². The number of pyridine rings is 1. The van der Waals surface area contributed by atoms with Crippen LogP contribution in [0.25, 0.3) is 0 Å². The second-order valence-corrected chi connectivity index (χ2v) is 5.68. The van der Waals surface area contributed by atoms with Crippen LogP contribution in [0.15, 0.2) is 54.7 Å². The van der Waals surface area contributed by atoms with E-state index in [1.165, 1.54) is 7.11 Å². The lowest BCUT2D eigenvalue weighted by molar-refractivity contribution is -0.133. The van der Waals surface area contributed by atoms with Gasteiger partial charge in [0.15, 0.2) is 0 Å². The first-order valence-electron chi connectivity index (χ1n) is 8.15. The number of nitrogens with one attached hydrogen (secondary N) is 2. The van der Waals surface area contributed by atoms with Crippen LogP contribution in [0.1, 0.15) is 24.2 Å². The lowest BCUT2D eigenvalue weighted by Gasteiger charge is -2.17. The van der Waals surface area contributed by atoms with Gasteiger partial charge in [0.1, 0.15) is 6.10 Å². The second kappa shape index (κ2) is 9.54. The zero-order valence-electron chi connectivity index (χ0n) is 14.4. The molecule has 0 saturated carbocycles. The molecule has 0 aliphatic rings. The van der Waals surface area contributed by atoms with Gasteiger partial charge in [0.05, 0.1) is 18.3 Å². The minimum absolute atomic E-state index is 0.106. The third kappa shape index (κ3) is 6.00. The molecule has 0 radical (unpaired) electrons. The number of hydrogen-bond acceptors (Lipinski definition) is 4. The number of carbonyl (C=O) groups is 2. The van der Waals surface area contributed by atoms with Crippen molar-refractivity contribution < 1.29 is 14.3 Å². The molecule has 2 rings (SSSR count). The van der Waals surface area contributed by atoms with E-state index in [1.807, 2.05) is 55.5 Å². The minimum atomic E-state index is -0.636. The van der Waals surface area contributed by atoms with E-state index in [2.05, 4.69) is 15.6 Å². The summed E-state index contributed by atoms with van der Waals surface area (Å²) in [5.41, 5.74) is 1.76. The molecule has 1 heterocycles. The fourth-order valence-corrected chi connectivity index (χ4v) is 2.39. The fourth-order valence-electron chi connectivity index (χ4n) is 2.39. The first-order chi connectivity index (χ1) is 12.1. The summed E-state index contributed by atoms with van der Waals surface area (Å²) in [4.78, 5) is 28.4. The van der Waals surface area contributed by atoms with Gasteiger partial charge in [-0.05, 0) is 24.6 Å². The minimum Gasteiger partial charge on any atom is -0.371 e. The van der Waals surface area contributed by atoms with Crippen LogP contribution in [0, 0.1) is 0 Å². The van der Waals surface area contributed by atoms with Gasteiger partial charge in [-0.3, -0.25) is 14.6 Å². The Hall–Kier alpha value is -2.73. The zero-order chi connectivity index (χ0) is 18.1. The number of carbonyl (C=O) groups excluding carboxylic acids is 2. The molecule has 2 amide bonds. The Morgan fingerprint density at radius 3 is 2.48 bits per heavy atom. The van der Waals surface area contributed by atoms with Crippen LogP contribution in [0.2, 0.25) is 0 Å². The van der Waals surface area contributed by atoms with Gasteiger partial charge in [-0.1, -0.05) is 36.4 Å². The largest absolute Gasteiger partial charge is 0.371 e. The lowest BCUT2D eigenvalue weighted by Crippen LogP contribution is -2.43. The van der Waals surface area contributed by atoms with Crippen LogP contribution in [0.3, 0.4) is 0 Å². The zero-order valence-corrected chi connectivity index (χ0v) is 14.4. The summed E-state index contributed by atoms with van der Waals surface area (Å²) in [6, 6.07) is 14.9. The quantitative estimate of drug-likeness (QED) is 0.765. The number of amides is 2. The smallest absolute Gasteiger partial charge is 0.249 e. The number of ether oxygens (including phenoxy) is 1. The first kappa shape index (κ1) is 18.6. The summed E-state index contributed by atoms with van der Waals surface area (Å²) in [7, 11) is 1.48. The number of hydrogen-bond donors (Lipinski definition) is 2. The molecule has 0 spiro atoms. The van der Waals surface area contributed by atoms with Crippen molar-refractivity contribution in [3.8, 4) is 0 Å². The Balaban J connectivity index is 1.80. The standard InChI is InChI=1S/C19H23N3O3/c1-14(16-10-6-7-11-20-16)22-18(23)13-21-19(24)17(25-2)12-15-8-4-3-5-9-15/h3-11,14,17H,12-13H2,1-2H3,(H,21,24)(H,22,23). The van der Waals surface area contributed by atoms with Crippen LogP contribution in [-0.4, -0.2) is 36.6 Å². The molecule has 6 heteroatoms. The van der Waals surface area contributed by atoms with Crippen LogP contribution in [0.5, 0.6) is 0 Å². The third-order valence-corrected chi connectivity index (χ3v) is 3.77. The first-order valence-corrected chi connectivity index (χ1v) is 8.15. The summed E-state index contributed by atoms with van der Waals surface area (Å²) in [6.45, 7) is 1.74. The summed E-state index contributed by atoms with van der Waals surface area (Å²) < 4.78 is 5.24. The second-order valence-electron chi connectivity index (χ2n) is 5.68. The molecule has 2 N–H and O–H groups in total. The van der Waals surface area contributed by atoms with Crippen molar-refractivity contribution in [1.82, 2.24) is 15.6 Å². The molecule has 132 valence electrons. The van der Waals surface area contributed by atoms with E-state index in [0.717, 1.165) is 11.3 Å². The highest BCUT2D eigenvalue weighted by molar-refractivity contribution is 5.87. The van der Waals surface area contributed by atoms with E-state index in [-0.39, 0.29) is 24.4 Å². The van der Waals surface area contributed by atoms with Gasteiger partial charge in [0, 0.05) is 19.7 Å². The Kier molecular flexibility index (Phi) is 7.10. The normalized spacial score (nSPS) is 12.9. The average molecular weight is 341 g/mol. The fraction of sp³-hybridized carbons (Fsp3) is 0.316. The van der Waals surface area contributed by atoms with Crippen LogP contribution >= 0.6 is 0 Å². The Morgan fingerprint density at radius 1 is 1.12 bits per heavy atom. The maximum Gasteiger partial charge on any atom is 0.249 e. The predicted octanol–water partition coefficient (Wildman–Crippen LogP) is 1.63. The van der Waals surface area contributed by atoms with E-state index in [9.17, 15) is 9.59 Å². The summed E-state index contributed by atoms with van der Waals surface area (Å²) >= 11 is 0. The van der Waals surface area contributed by atoms with Crippen LogP contribution in [-0.2, 0) is 20.7 Å². The lowest BCUT2D eigenvalue weighted by atomic mass is 10.1. The Morgan fingerprint density at radius 2 is 1.84 bits per heavy atom. The van der Waals surface area contributed by atoms with E-state index >= 15 is 0 Å². The Labute approximate surface area is 147 Å².